The van der Waals surface area contributed by atoms with E-state index in [1.165, 1.54) is 17.7 Å². The Labute approximate surface area is 149 Å². The maximum atomic E-state index is 10.5. The average Bonchev–Trinajstić information content (AvgIpc) is 3.03. The Morgan fingerprint density at radius 1 is 1.21 bits per heavy atom. The van der Waals surface area contributed by atoms with Crippen molar-refractivity contribution in [1.29, 1.82) is 0 Å². The van der Waals surface area contributed by atoms with Crippen molar-refractivity contribution in [1.82, 2.24) is 0 Å². The van der Waals surface area contributed by atoms with E-state index in [0.29, 0.717) is 11.8 Å². The van der Waals surface area contributed by atoms with Gasteiger partial charge in [0.1, 0.15) is 0 Å². The molecule has 1 saturated heterocycles. The molecule has 0 radical (unpaired) electrons. The fourth-order valence-electron chi connectivity index (χ4n) is 2.98. The molecule has 0 amide bonds. The zero-order valence-corrected chi connectivity index (χ0v) is 15.0. The predicted octanol–water partition coefficient (Wildman–Crippen LogP) is 4.77. The van der Waals surface area contributed by atoms with Gasteiger partial charge < -0.3 is 9.84 Å². The van der Waals surface area contributed by atoms with Crippen molar-refractivity contribution >= 4 is 17.7 Å². The summed E-state index contributed by atoms with van der Waals surface area (Å²) in [6, 6.07) is 10.6. The molecule has 2 rings (SSSR count). The van der Waals surface area contributed by atoms with Gasteiger partial charge in [-0.2, -0.15) is 11.8 Å². The number of aliphatic carboxylic acids is 1. The molecule has 24 heavy (non-hydrogen) atoms. The Balaban J connectivity index is 1.58. The molecule has 0 spiro atoms. The van der Waals surface area contributed by atoms with Gasteiger partial charge in [0.25, 0.3) is 0 Å². The number of thioether (sulfide) groups is 1. The molecule has 1 aliphatic rings. The number of carboxylic acids is 1. The molecule has 1 aromatic carbocycles. The normalized spacial score (nSPS) is 20.7. The second-order valence-electron chi connectivity index (χ2n) is 6.38. The van der Waals surface area contributed by atoms with Crippen molar-refractivity contribution in [2.75, 3.05) is 19.0 Å². The molecule has 0 bridgehead atoms. The van der Waals surface area contributed by atoms with E-state index in [0.717, 1.165) is 38.2 Å². The topological polar surface area (TPSA) is 46.5 Å². The minimum absolute atomic E-state index is 0.262. The molecule has 1 N–H and O–H groups in total. The van der Waals surface area contributed by atoms with Crippen LogP contribution in [-0.4, -0.2) is 30.0 Å². The second-order valence-corrected chi connectivity index (χ2v) is 7.48. The molecular formula is C20H28O3S. The van der Waals surface area contributed by atoms with Gasteiger partial charge in [0.05, 0.1) is 6.61 Å². The zero-order chi connectivity index (χ0) is 17.0. The Hall–Kier alpha value is -1.26. The van der Waals surface area contributed by atoms with Gasteiger partial charge in [-0.15, -0.1) is 0 Å². The van der Waals surface area contributed by atoms with Crippen molar-refractivity contribution in [2.24, 2.45) is 11.8 Å². The highest BCUT2D eigenvalue weighted by molar-refractivity contribution is 7.98. The van der Waals surface area contributed by atoms with Crippen LogP contribution in [0.4, 0.5) is 0 Å². The lowest BCUT2D eigenvalue weighted by molar-refractivity contribution is -0.137. The summed E-state index contributed by atoms with van der Waals surface area (Å²) in [5.41, 5.74) is 1.39. The molecule has 1 heterocycles. The summed E-state index contributed by atoms with van der Waals surface area (Å²) in [4.78, 5) is 10.5. The maximum Gasteiger partial charge on any atom is 0.303 e. The molecule has 0 unspecified atom stereocenters. The lowest BCUT2D eigenvalue weighted by Gasteiger charge is -2.15. The van der Waals surface area contributed by atoms with Crippen molar-refractivity contribution < 1.29 is 14.6 Å². The first-order valence-corrected chi connectivity index (χ1v) is 9.97. The Morgan fingerprint density at radius 3 is 2.79 bits per heavy atom. The summed E-state index contributed by atoms with van der Waals surface area (Å²) >= 11 is 2.00. The first-order chi connectivity index (χ1) is 11.8. The van der Waals surface area contributed by atoms with Crippen LogP contribution in [-0.2, 0) is 15.3 Å². The van der Waals surface area contributed by atoms with Gasteiger partial charge in [-0.3, -0.25) is 4.79 Å². The highest BCUT2D eigenvalue weighted by atomic mass is 32.2. The lowest BCUT2D eigenvalue weighted by Crippen LogP contribution is -2.12. The second kappa shape index (κ2) is 11.3. The molecule has 0 aromatic heterocycles. The number of carboxylic acid groups (broad SMARTS) is 1. The van der Waals surface area contributed by atoms with E-state index in [4.69, 9.17) is 9.84 Å². The van der Waals surface area contributed by atoms with Crippen LogP contribution < -0.4 is 0 Å². The number of benzene rings is 1. The van der Waals surface area contributed by atoms with E-state index in [1.807, 2.05) is 11.8 Å². The van der Waals surface area contributed by atoms with Crippen LogP contribution in [0.15, 0.2) is 42.5 Å². The van der Waals surface area contributed by atoms with Gasteiger partial charge in [-0.1, -0.05) is 42.5 Å². The number of hydrogen-bond donors (Lipinski definition) is 1. The third kappa shape index (κ3) is 7.54. The monoisotopic (exact) mass is 348 g/mol. The van der Waals surface area contributed by atoms with Gasteiger partial charge in [0.15, 0.2) is 0 Å². The fourth-order valence-corrected chi connectivity index (χ4v) is 4.02. The van der Waals surface area contributed by atoms with E-state index < -0.39 is 5.97 Å². The highest BCUT2D eigenvalue weighted by Crippen LogP contribution is 2.29. The van der Waals surface area contributed by atoms with E-state index in [1.54, 1.807) is 0 Å². The van der Waals surface area contributed by atoms with E-state index in [-0.39, 0.29) is 6.42 Å². The molecule has 0 aliphatic carbocycles. The van der Waals surface area contributed by atoms with Crippen LogP contribution in [0.5, 0.6) is 0 Å². The van der Waals surface area contributed by atoms with Crippen LogP contribution >= 0.6 is 11.8 Å². The number of rotatable bonds is 11. The van der Waals surface area contributed by atoms with Crippen molar-refractivity contribution in [2.45, 2.75) is 37.9 Å². The summed E-state index contributed by atoms with van der Waals surface area (Å²) in [6.45, 7) is 1.76. The minimum Gasteiger partial charge on any atom is -0.481 e. The minimum atomic E-state index is -0.708. The molecule has 0 saturated carbocycles. The Kier molecular flexibility index (Phi) is 9.00. The van der Waals surface area contributed by atoms with E-state index >= 15 is 0 Å². The molecular weight excluding hydrogens is 320 g/mol. The Morgan fingerprint density at radius 2 is 2.00 bits per heavy atom. The fraction of sp³-hybridized carbons (Fsp3) is 0.550. The third-order valence-corrected chi connectivity index (χ3v) is 5.50. The highest BCUT2D eigenvalue weighted by Gasteiger charge is 2.26. The largest absolute Gasteiger partial charge is 0.481 e. The average molecular weight is 349 g/mol. The molecule has 3 nitrogen and oxygen atoms in total. The first-order valence-electron chi connectivity index (χ1n) is 8.82. The third-order valence-electron chi connectivity index (χ3n) is 4.44. The lowest BCUT2D eigenvalue weighted by atomic mass is 9.90. The smallest absolute Gasteiger partial charge is 0.303 e. The predicted molar refractivity (Wildman–Crippen MR) is 100 cm³/mol. The number of hydrogen-bond acceptors (Lipinski definition) is 3. The van der Waals surface area contributed by atoms with Crippen LogP contribution in [0.3, 0.4) is 0 Å². The zero-order valence-electron chi connectivity index (χ0n) is 14.2. The maximum absolute atomic E-state index is 10.5. The number of ether oxygens (including phenoxy) is 1. The molecule has 4 heteroatoms. The van der Waals surface area contributed by atoms with Crippen molar-refractivity contribution in [3.8, 4) is 0 Å². The number of allylic oxidation sites excluding steroid dienone is 2. The van der Waals surface area contributed by atoms with Gasteiger partial charge >= 0.3 is 5.97 Å². The molecule has 1 fully saturated rings. The van der Waals surface area contributed by atoms with Gasteiger partial charge in [0, 0.05) is 18.8 Å². The standard InChI is InChI=1S/C20H28O3S/c21-20(22)11-7-2-1-6-10-18-14-23-15-19(18)12-13-24-16-17-8-4-3-5-9-17/h1,3-6,8-9,18-19H,2,7,10-16H2,(H,21,22)/t18-,19+/m0/s1. The van der Waals surface area contributed by atoms with Crippen LogP contribution in [0.25, 0.3) is 0 Å². The SMILES string of the molecule is O=C(O)CCCC=CC[C@H]1COC[C@H]1CCSCc1ccccc1. The molecule has 1 aromatic rings. The summed E-state index contributed by atoms with van der Waals surface area (Å²) in [7, 11) is 0. The summed E-state index contributed by atoms with van der Waals surface area (Å²) < 4.78 is 5.67. The van der Waals surface area contributed by atoms with E-state index in [2.05, 4.69) is 42.5 Å². The van der Waals surface area contributed by atoms with Gasteiger partial charge in [0.2, 0.25) is 0 Å². The quantitative estimate of drug-likeness (QED) is 0.462. The summed E-state index contributed by atoms with van der Waals surface area (Å²) in [5, 5.41) is 8.61. The van der Waals surface area contributed by atoms with E-state index in [9.17, 15) is 4.79 Å². The molecule has 132 valence electrons. The Bertz CT molecular complexity index is 501. The van der Waals surface area contributed by atoms with Crippen LogP contribution in [0, 0.1) is 11.8 Å². The summed E-state index contributed by atoms with van der Waals surface area (Å²) in [6.07, 6.45) is 8.46. The number of carbonyl (C=O) groups is 1. The van der Waals surface area contributed by atoms with Gasteiger partial charge in [-0.25, -0.2) is 0 Å². The van der Waals surface area contributed by atoms with Crippen LogP contribution in [0.1, 0.15) is 37.7 Å². The summed E-state index contributed by atoms with van der Waals surface area (Å²) in [5.74, 6) is 2.85. The van der Waals surface area contributed by atoms with Gasteiger partial charge in [-0.05, 0) is 48.8 Å². The van der Waals surface area contributed by atoms with Crippen molar-refractivity contribution in [3.05, 3.63) is 48.0 Å². The number of unbranched alkanes of at least 4 members (excludes halogenated alkanes) is 1. The molecule has 1 aliphatic heterocycles. The first kappa shape index (κ1) is 19.1. The van der Waals surface area contributed by atoms with Crippen LogP contribution in [0.2, 0.25) is 0 Å². The molecule has 2 atom stereocenters. The van der Waals surface area contributed by atoms with Crippen molar-refractivity contribution in [3.63, 3.8) is 0 Å².